The molecule has 2 N–H and O–H groups in total. The summed E-state index contributed by atoms with van der Waals surface area (Å²) in [4.78, 5) is 0. The van der Waals surface area contributed by atoms with Gasteiger partial charge < -0.3 is 5.73 Å². The van der Waals surface area contributed by atoms with Gasteiger partial charge in [-0.3, -0.25) is 0 Å². The molecule has 0 bridgehead atoms. The SMILES string of the molecule is CCCC[C@@H](N)c1cccc(C)c1C. The van der Waals surface area contributed by atoms with E-state index in [4.69, 9.17) is 5.73 Å². The average molecular weight is 191 g/mol. The standard InChI is InChI=1S/C13H21N/c1-4-5-9-13(14)12-8-6-7-10(2)11(12)3/h6-8,13H,4-5,9,14H2,1-3H3/t13-/m1/s1. The molecule has 0 fully saturated rings. The molecule has 1 aromatic carbocycles. The summed E-state index contributed by atoms with van der Waals surface area (Å²) in [7, 11) is 0. The van der Waals surface area contributed by atoms with Crippen molar-refractivity contribution < 1.29 is 0 Å². The van der Waals surface area contributed by atoms with Crippen LogP contribution in [-0.2, 0) is 0 Å². The Hall–Kier alpha value is -0.820. The molecule has 0 amide bonds. The van der Waals surface area contributed by atoms with Crippen molar-refractivity contribution in [1.29, 1.82) is 0 Å². The number of hydrogen-bond acceptors (Lipinski definition) is 1. The van der Waals surface area contributed by atoms with Gasteiger partial charge in [0.25, 0.3) is 0 Å². The normalized spacial score (nSPS) is 12.9. The van der Waals surface area contributed by atoms with Gasteiger partial charge in [0.2, 0.25) is 0 Å². The van der Waals surface area contributed by atoms with E-state index < -0.39 is 0 Å². The van der Waals surface area contributed by atoms with E-state index >= 15 is 0 Å². The van der Waals surface area contributed by atoms with E-state index in [1.165, 1.54) is 29.5 Å². The van der Waals surface area contributed by atoms with E-state index in [0.717, 1.165) is 6.42 Å². The first-order valence-electron chi connectivity index (χ1n) is 5.48. The molecular formula is C13H21N. The van der Waals surface area contributed by atoms with Crippen LogP contribution in [0.5, 0.6) is 0 Å². The molecule has 0 unspecified atom stereocenters. The number of nitrogens with two attached hydrogens (primary N) is 1. The lowest BCUT2D eigenvalue weighted by Gasteiger charge is -2.15. The van der Waals surface area contributed by atoms with E-state index in [9.17, 15) is 0 Å². The summed E-state index contributed by atoms with van der Waals surface area (Å²) < 4.78 is 0. The minimum Gasteiger partial charge on any atom is -0.324 e. The van der Waals surface area contributed by atoms with Crippen LogP contribution in [0.4, 0.5) is 0 Å². The number of unbranched alkanes of at least 4 members (excludes halogenated alkanes) is 1. The fraction of sp³-hybridized carbons (Fsp3) is 0.538. The fourth-order valence-corrected chi connectivity index (χ4v) is 1.76. The van der Waals surface area contributed by atoms with Gasteiger partial charge in [-0.25, -0.2) is 0 Å². The quantitative estimate of drug-likeness (QED) is 0.774. The molecule has 1 aromatic rings. The number of benzene rings is 1. The molecule has 0 spiro atoms. The second-order valence-corrected chi connectivity index (χ2v) is 4.04. The molecule has 0 radical (unpaired) electrons. The molecule has 0 aliphatic heterocycles. The van der Waals surface area contributed by atoms with Crippen molar-refractivity contribution in [2.75, 3.05) is 0 Å². The van der Waals surface area contributed by atoms with Crippen molar-refractivity contribution >= 4 is 0 Å². The van der Waals surface area contributed by atoms with Crippen LogP contribution in [0.25, 0.3) is 0 Å². The zero-order valence-corrected chi connectivity index (χ0v) is 9.51. The first kappa shape index (κ1) is 11.3. The zero-order chi connectivity index (χ0) is 10.6. The first-order chi connectivity index (χ1) is 6.66. The Labute approximate surface area is 87.3 Å². The van der Waals surface area contributed by atoms with Gasteiger partial charge in [-0.15, -0.1) is 0 Å². The number of rotatable bonds is 4. The maximum atomic E-state index is 6.15. The van der Waals surface area contributed by atoms with Crippen molar-refractivity contribution in [2.24, 2.45) is 5.73 Å². The van der Waals surface area contributed by atoms with Crippen LogP contribution < -0.4 is 5.73 Å². The molecule has 1 heteroatoms. The Bertz CT molecular complexity index is 291. The molecule has 0 heterocycles. The van der Waals surface area contributed by atoms with Gasteiger partial charge in [0.15, 0.2) is 0 Å². The van der Waals surface area contributed by atoms with Gasteiger partial charge in [-0.1, -0.05) is 38.0 Å². The van der Waals surface area contributed by atoms with Crippen LogP contribution in [0, 0.1) is 13.8 Å². The first-order valence-corrected chi connectivity index (χ1v) is 5.48. The summed E-state index contributed by atoms with van der Waals surface area (Å²) in [5, 5.41) is 0. The lowest BCUT2D eigenvalue weighted by atomic mass is 9.95. The van der Waals surface area contributed by atoms with E-state index in [1.54, 1.807) is 0 Å². The predicted octanol–water partition coefficient (Wildman–Crippen LogP) is 3.49. The molecule has 0 saturated carbocycles. The molecule has 0 aromatic heterocycles. The van der Waals surface area contributed by atoms with E-state index in [1.807, 2.05) is 0 Å². The van der Waals surface area contributed by atoms with Crippen LogP contribution in [0.3, 0.4) is 0 Å². The Morgan fingerprint density at radius 1 is 1.29 bits per heavy atom. The highest BCUT2D eigenvalue weighted by Gasteiger charge is 2.08. The third-order valence-corrected chi connectivity index (χ3v) is 2.91. The Morgan fingerprint density at radius 3 is 2.64 bits per heavy atom. The topological polar surface area (TPSA) is 26.0 Å². The lowest BCUT2D eigenvalue weighted by molar-refractivity contribution is 0.600. The molecule has 0 aliphatic carbocycles. The average Bonchev–Trinajstić information content (AvgIpc) is 2.18. The van der Waals surface area contributed by atoms with Crippen LogP contribution in [0.15, 0.2) is 18.2 Å². The highest BCUT2D eigenvalue weighted by Crippen LogP contribution is 2.22. The molecule has 78 valence electrons. The fourth-order valence-electron chi connectivity index (χ4n) is 1.76. The third-order valence-electron chi connectivity index (χ3n) is 2.91. The summed E-state index contributed by atoms with van der Waals surface area (Å²) >= 11 is 0. The molecule has 14 heavy (non-hydrogen) atoms. The molecular weight excluding hydrogens is 170 g/mol. The van der Waals surface area contributed by atoms with Crippen molar-refractivity contribution in [3.63, 3.8) is 0 Å². The van der Waals surface area contributed by atoms with Gasteiger partial charge in [0.1, 0.15) is 0 Å². The van der Waals surface area contributed by atoms with Gasteiger partial charge in [0, 0.05) is 6.04 Å². The summed E-state index contributed by atoms with van der Waals surface area (Å²) in [5.41, 5.74) is 10.2. The minimum absolute atomic E-state index is 0.217. The van der Waals surface area contributed by atoms with E-state index in [0.29, 0.717) is 0 Å². The molecule has 0 saturated heterocycles. The monoisotopic (exact) mass is 191 g/mol. The zero-order valence-electron chi connectivity index (χ0n) is 9.51. The van der Waals surface area contributed by atoms with Crippen LogP contribution in [0.2, 0.25) is 0 Å². The summed E-state index contributed by atoms with van der Waals surface area (Å²) in [6.07, 6.45) is 3.54. The molecule has 1 rings (SSSR count). The Morgan fingerprint density at radius 2 is 2.00 bits per heavy atom. The van der Waals surface area contributed by atoms with Crippen molar-refractivity contribution in [2.45, 2.75) is 46.1 Å². The van der Waals surface area contributed by atoms with Gasteiger partial charge in [-0.05, 0) is 37.0 Å². The van der Waals surface area contributed by atoms with Crippen molar-refractivity contribution in [1.82, 2.24) is 0 Å². The highest BCUT2D eigenvalue weighted by atomic mass is 14.6. The van der Waals surface area contributed by atoms with Gasteiger partial charge in [-0.2, -0.15) is 0 Å². The molecule has 1 atom stereocenters. The lowest BCUT2D eigenvalue weighted by Crippen LogP contribution is -2.12. The summed E-state index contributed by atoms with van der Waals surface area (Å²) in [5.74, 6) is 0. The van der Waals surface area contributed by atoms with Crippen molar-refractivity contribution in [3.8, 4) is 0 Å². The van der Waals surface area contributed by atoms with E-state index in [-0.39, 0.29) is 6.04 Å². The smallest absolute Gasteiger partial charge is 0.0297 e. The van der Waals surface area contributed by atoms with Crippen LogP contribution in [0.1, 0.15) is 48.9 Å². The van der Waals surface area contributed by atoms with Gasteiger partial charge >= 0.3 is 0 Å². The van der Waals surface area contributed by atoms with E-state index in [2.05, 4.69) is 39.0 Å². The Kier molecular flexibility index (Phi) is 4.15. The third kappa shape index (κ3) is 2.58. The Balaban J connectivity index is 2.79. The minimum atomic E-state index is 0.217. The van der Waals surface area contributed by atoms with Crippen LogP contribution in [-0.4, -0.2) is 0 Å². The van der Waals surface area contributed by atoms with Crippen molar-refractivity contribution in [3.05, 3.63) is 34.9 Å². The second kappa shape index (κ2) is 5.16. The highest BCUT2D eigenvalue weighted by molar-refractivity contribution is 5.35. The number of hydrogen-bond donors (Lipinski definition) is 1. The molecule has 0 aliphatic rings. The largest absolute Gasteiger partial charge is 0.324 e. The maximum absolute atomic E-state index is 6.15. The van der Waals surface area contributed by atoms with Gasteiger partial charge in [0.05, 0.1) is 0 Å². The second-order valence-electron chi connectivity index (χ2n) is 4.04. The summed E-state index contributed by atoms with van der Waals surface area (Å²) in [6.45, 7) is 6.51. The molecule has 1 nitrogen and oxygen atoms in total. The maximum Gasteiger partial charge on any atom is 0.0297 e. The predicted molar refractivity (Wildman–Crippen MR) is 62.4 cm³/mol. The van der Waals surface area contributed by atoms with Crippen LogP contribution >= 0.6 is 0 Å². The number of aryl methyl sites for hydroxylation is 1. The summed E-state index contributed by atoms with van der Waals surface area (Å²) in [6, 6.07) is 6.62.